The fourth-order valence-electron chi connectivity index (χ4n) is 3.56. The summed E-state index contributed by atoms with van der Waals surface area (Å²) in [6, 6.07) is 7.27. The molecule has 162 valence electrons. The molecule has 2 rings (SSSR count). The van der Waals surface area contributed by atoms with E-state index in [1.54, 1.807) is 19.2 Å². The van der Waals surface area contributed by atoms with Crippen LogP contribution in [0.3, 0.4) is 0 Å². The second-order valence-electron chi connectivity index (χ2n) is 7.72. The summed E-state index contributed by atoms with van der Waals surface area (Å²) in [5.74, 6) is 1.39. The van der Waals surface area contributed by atoms with Gasteiger partial charge in [-0.3, -0.25) is 20.0 Å². The average molecular weight is 406 g/mol. The summed E-state index contributed by atoms with van der Waals surface area (Å²) in [7, 11) is 1.80. The van der Waals surface area contributed by atoms with Crippen LogP contribution >= 0.6 is 0 Å². The van der Waals surface area contributed by atoms with Crippen molar-refractivity contribution >= 4 is 11.6 Å². The maximum Gasteiger partial charge on any atom is 0.269 e. The van der Waals surface area contributed by atoms with Gasteiger partial charge < -0.3 is 15.4 Å². The number of benzene rings is 1. The van der Waals surface area contributed by atoms with Gasteiger partial charge in [-0.05, 0) is 30.7 Å². The summed E-state index contributed by atoms with van der Waals surface area (Å²) in [5, 5.41) is 17.5. The molecule has 0 aliphatic carbocycles. The van der Waals surface area contributed by atoms with E-state index in [0.29, 0.717) is 12.0 Å². The van der Waals surface area contributed by atoms with E-state index in [1.807, 2.05) is 12.1 Å². The predicted molar refractivity (Wildman–Crippen MR) is 116 cm³/mol. The Balaban J connectivity index is 1.66. The molecule has 1 aromatic carbocycles. The molecule has 0 saturated carbocycles. The molecule has 1 aromatic rings. The van der Waals surface area contributed by atoms with Crippen molar-refractivity contribution in [2.75, 3.05) is 46.4 Å². The maximum absolute atomic E-state index is 10.7. The number of aryl methyl sites for hydroxylation is 1. The van der Waals surface area contributed by atoms with Gasteiger partial charge in [0.2, 0.25) is 0 Å². The van der Waals surface area contributed by atoms with E-state index in [4.69, 9.17) is 4.74 Å². The number of rotatable bonds is 10. The standard InChI is InChI=1S/C21H35N5O3/c1-17(2)20(25-12-14-29-15-13-25)16-24-21(22-3)23-11-5-4-6-18-7-9-19(10-8-18)26(27)28/h7-10,17,20H,4-6,11-16H2,1-3H3,(H2,22,23,24). The van der Waals surface area contributed by atoms with E-state index in [1.165, 1.54) is 0 Å². The van der Waals surface area contributed by atoms with Gasteiger partial charge in [-0.1, -0.05) is 26.0 Å². The van der Waals surface area contributed by atoms with Crippen LogP contribution in [0.2, 0.25) is 0 Å². The smallest absolute Gasteiger partial charge is 0.269 e. The Hall–Kier alpha value is -2.19. The number of nitrogens with zero attached hydrogens (tertiary/aromatic N) is 3. The van der Waals surface area contributed by atoms with Gasteiger partial charge in [0.25, 0.3) is 5.69 Å². The molecule has 8 nitrogen and oxygen atoms in total. The predicted octanol–water partition coefficient (Wildman–Crippen LogP) is 2.44. The van der Waals surface area contributed by atoms with Gasteiger partial charge in [0.05, 0.1) is 18.1 Å². The molecule has 0 spiro atoms. The van der Waals surface area contributed by atoms with Crippen LogP contribution in [0.4, 0.5) is 5.69 Å². The van der Waals surface area contributed by atoms with E-state index in [2.05, 4.69) is 34.4 Å². The Kier molecular flexibility index (Phi) is 9.87. The molecule has 2 N–H and O–H groups in total. The number of morpholine rings is 1. The van der Waals surface area contributed by atoms with Gasteiger partial charge in [0, 0.05) is 51.4 Å². The van der Waals surface area contributed by atoms with Crippen molar-refractivity contribution < 1.29 is 9.66 Å². The molecular formula is C21H35N5O3. The monoisotopic (exact) mass is 405 g/mol. The van der Waals surface area contributed by atoms with Crippen molar-refractivity contribution in [3.63, 3.8) is 0 Å². The normalized spacial score (nSPS) is 16.6. The number of nitrogens with one attached hydrogen (secondary N) is 2. The number of nitro groups is 1. The lowest BCUT2D eigenvalue weighted by atomic mass is 10.0. The second-order valence-corrected chi connectivity index (χ2v) is 7.72. The Morgan fingerprint density at radius 3 is 2.48 bits per heavy atom. The molecule has 29 heavy (non-hydrogen) atoms. The summed E-state index contributed by atoms with van der Waals surface area (Å²) in [6.07, 6.45) is 2.94. The summed E-state index contributed by atoms with van der Waals surface area (Å²) in [6.45, 7) is 9.82. The van der Waals surface area contributed by atoms with E-state index >= 15 is 0 Å². The summed E-state index contributed by atoms with van der Waals surface area (Å²) in [5.41, 5.74) is 1.27. The third-order valence-electron chi connectivity index (χ3n) is 5.32. The first-order valence-electron chi connectivity index (χ1n) is 10.5. The number of hydrogen-bond acceptors (Lipinski definition) is 5. The fourth-order valence-corrected chi connectivity index (χ4v) is 3.56. The van der Waals surface area contributed by atoms with Crippen LogP contribution in [0, 0.1) is 16.0 Å². The Morgan fingerprint density at radius 2 is 1.90 bits per heavy atom. The first kappa shape index (κ1) is 23.1. The van der Waals surface area contributed by atoms with Crippen LogP contribution in [0.1, 0.15) is 32.3 Å². The average Bonchev–Trinajstić information content (AvgIpc) is 2.73. The van der Waals surface area contributed by atoms with Gasteiger partial charge in [0.15, 0.2) is 5.96 Å². The zero-order valence-corrected chi connectivity index (χ0v) is 17.9. The first-order chi connectivity index (χ1) is 14.0. The van der Waals surface area contributed by atoms with Gasteiger partial charge >= 0.3 is 0 Å². The lowest BCUT2D eigenvalue weighted by Gasteiger charge is -2.37. The molecule has 0 amide bonds. The van der Waals surface area contributed by atoms with Crippen LogP contribution in [-0.4, -0.2) is 68.3 Å². The van der Waals surface area contributed by atoms with Gasteiger partial charge in [-0.2, -0.15) is 0 Å². The Bertz CT molecular complexity index is 642. The van der Waals surface area contributed by atoms with E-state index < -0.39 is 0 Å². The molecule has 1 unspecified atom stereocenters. The summed E-state index contributed by atoms with van der Waals surface area (Å²) >= 11 is 0. The van der Waals surface area contributed by atoms with Gasteiger partial charge in [-0.25, -0.2) is 0 Å². The number of unbranched alkanes of at least 4 members (excludes halogenated alkanes) is 1. The van der Waals surface area contributed by atoms with Crippen molar-refractivity contribution in [2.24, 2.45) is 10.9 Å². The molecule has 1 fully saturated rings. The fraction of sp³-hybridized carbons (Fsp3) is 0.667. The highest BCUT2D eigenvalue weighted by Crippen LogP contribution is 2.14. The number of aliphatic imine (C=N–C) groups is 1. The molecule has 1 aliphatic rings. The minimum absolute atomic E-state index is 0.141. The number of hydrogen-bond donors (Lipinski definition) is 2. The van der Waals surface area contributed by atoms with E-state index in [0.717, 1.165) is 70.2 Å². The van der Waals surface area contributed by atoms with Crippen molar-refractivity contribution in [3.8, 4) is 0 Å². The second kappa shape index (κ2) is 12.4. The lowest BCUT2D eigenvalue weighted by molar-refractivity contribution is -0.384. The third kappa shape index (κ3) is 7.98. The Labute approximate surface area is 173 Å². The van der Waals surface area contributed by atoms with Gasteiger partial charge in [-0.15, -0.1) is 0 Å². The summed E-state index contributed by atoms with van der Waals surface area (Å²) < 4.78 is 5.47. The minimum Gasteiger partial charge on any atom is -0.379 e. The molecule has 0 bridgehead atoms. The van der Waals surface area contributed by atoms with Crippen molar-refractivity contribution in [3.05, 3.63) is 39.9 Å². The molecular weight excluding hydrogens is 370 g/mol. The molecule has 1 heterocycles. The van der Waals surface area contributed by atoms with E-state index in [-0.39, 0.29) is 10.6 Å². The zero-order chi connectivity index (χ0) is 21.1. The van der Waals surface area contributed by atoms with Crippen molar-refractivity contribution in [1.82, 2.24) is 15.5 Å². The van der Waals surface area contributed by atoms with Crippen molar-refractivity contribution in [1.29, 1.82) is 0 Å². The van der Waals surface area contributed by atoms with Crippen LogP contribution in [0.5, 0.6) is 0 Å². The quantitative estimate of drug-likeness (QED) is 0.204. The third-order valence-corrected chi connectivity index (χ3v) is 5.32. The van der Waals surface area contributed by atoms with Crippen LogP contribution in [0.15, 0.2) is 29.3 Å². The zero-order valence-electron chi connectivity index (χ0n) is 17.9. The number of ether oxygens (including phenoxy) is 1. The number of nitro benzene ring substituents is 1. The lowest BCUT2D eigenvalue weighted by Crippen LogP contribution is -2.52. The van der Waals surface area contributed by atoms with Crippen molar-refractivity contribution in [2.45, 2.75) is 39.2 Å². The first-order valence-corrected chi connectivity index (χ1v) is 10.5. The van der Waals surface area contributed by atoms with Crippen LogP contribution in [0.25, 0.3) is 0 Å². The van der Waals surface area contributed by atoms with Crippen LogP contribution in [-0.2, 0) is 11.2 Å². The highest BCUT2D eigenvalue weighted by molar-refractivity contribution is 5.79. The topological polar surface area (TPSA) is 92.0 Å². The molecule has 1 atom stereocenters. The highest BCUT2D eigenvalue weighted by Gasteiger charge is 2.23. The maximum atomic E-state index is 10.7. The van der Waals surface area contributed by atoms with E-state index in [9.17, 15) is 10.1 Å². The molecule has 0 aromatic heterocycles. The largest absolute Gasteiger partial charge is 0.379 e. The number of non-ortho nitro benzene ring substituents is 1. The SMILES string of the molecule is CN=C(NCCCCc1ccc([N+](=O)[O-])cc1)NCC(C(C)C)N1CCOCC1. The Morgan fingerprint density at radius 1 is 1.21 bits per heavy atom. The highest BCUT2D eigenvalue weighted by atomic mass is 16.6. The van der Waals surface area contributed by atoms with Gasteiger partial charge in [0.1, 0.15) is 0 Å². The molecule has 0 radical (unpaired) electrons. The number of guanidine groups is 1. The molecule has 1 saturated heterocycles. The minimum atomic E-state index is -0.366. The molecule has 8 heteroatoms. The van der Waals surface area contributed by atoms with Crippen LogP contribution < -0.4 is 10.6 Å². The molecule has 1 aliphatic heterocycles. The summed E-state index contributed by atoms with van der Waals surface area (Å²) in [4.78, 5) is 17.2.